The van der Waals surface area contributed by atoms with Crippen LogP contribution < -0.4 is 0 Å². The van der Waals surface area contributed by atoms with E-state index in [2.05, 4.69) is 12.1 Å². The van der Waals surface area contributed by atoms with Gasteiger partial charge in [0.15, 0.2) is 0 Å². The van der Waals surface area contributed by atoms with Crippen LogP contribution in [0.3, 0.4) is 0 Å². The summed E-state index contributed by atoms with van der Waals surface area (Å²) < 4.78 is 1.92. The van der Waals surface area contributed by atoms with Gasteiger partial charge in [-0.1, -0.05) is 48.5 Å². The number of aryl methyl sites for hydroxylation is 1. The zero-order valence-corrected chi connectivity index (χ0v) is 13.2. The van der Waals surface area contributed by atoms with Crippen molar-refractivity contribution in [2.24, 2.45) is 0 Å². The minimum absolute atomic E-state index is 0.0807. The van der Waals surface area contributed by atoms with Gasteiger partial charge in [0.05, 0.1) is 22.3 Å². The molecule has 0 amide bonds. The lowest BCUT2D eigenvalue weighted by molar-refractivity contribution is 0.103. The Hall–Kier alpha value is -3.38. The molecule has 0 spiro atoms. The number of pyridine rings is 1. The van der Waals surface area contributed by atoms with Crippen LogP contribution in [0.25, 0.3) is 16.4 Å². The summed E-state index contributed by atoms with van der Waals surface area (Å²) in [6.07, 6.45) is 0. The lowest BCUT2D eigenvalue weighted by atomic mass is 10.1. The monoisotopic (exact) mass is 310 g/mol. The fourth-order valence-corrected chi connectivity index (χ4v) is 3.25. The summed E-state index contributed by atoms with van der Waals surface area (Å²) >= 11 is 0. The van der Waals surface area contributed by atoms with Crippen LogP contribution in [0.2, 0.25) is 0 Å². The molecule has 114 valence electrons. The lowest BCUT2D eigenvalue weighted by Gasteiger charge is -2.09. The number of nitriles is 1. The first kappa shape index (κ1) is 14.2. The second-order valence-electron chi connectivity index (χ2n) is 5.82. The quantitative estimate of drug-likeness (QED) is 0.512. The molecule has 0 aliphatic heterocycles. The molecule has 0 aliphatic carbocycles. The third kappa shape index (κ3) is 2.01. The highest BCUT2D eigenvalue weighted by molar-refractivity contribution is 6.10. The fourth-order valence-electron chi connectivity index (χ4n) is 3.25. The van der Waals surface area contributed by atoms with E-state index in [1.54, 1.807) is 18.2 Å². The summed E-state index contributed by atoms with van der Waals surface area (Å²) in [5.74, 6) is -0.0807. The summed E-state index contributed by atoms with van der Waals surface area (Å²) in [7, 11) is 0. The Labute approximate surface area is 139 Å². The molecule has 4 rings (SSSR count). The van der Waals surface area contributed by atoms with Gasteiger partial charge in [-0.15, -0.1) is 0 Å². The smallest absolute Gasteiger partial charge is 0.209 e. The number of hydrogen-bond donors (Lipinski definition) is 0. The number of carbonyl (C=O) groups excluding carboxylic acids is 1. The zero-order valence-electron chi connectivity index (χ0n) is 13.2. The Morgan fingerprint density at radius 3 is 2.46 bits per heavy atom. The van der Waals surface area contributed by atoms with Gasteiger partial charge in [0.1, 0.15) is 6.07 Å². The first-order valence-corrected chi connectivity index (χ1v) is 7.74. The molecule has 0 N–H and O–H groups in total. The SMILES string of the molecule is Cc1cc2ccccc2n2c(C(=O)c3ccccc3)cc(C#N)c12. The number of nitrogens with zero attached hydrogens (tertiary/aromatic N) is 2. The van der Waals surface area contributed by atoms with Crippen LogP contribution in [-0.2, 0) is 0 Å². The second kappa shape index (κ2) is 5.36. The van der Waals surface area contributed by atoms with Crippen LogP contribution in [0.4, 0.5) is 0 Å². The molecule has 2 heterocycles. The summed E-state index contributed by atoms with van der Waals surface area (Å²) in [6, 6.07) is 23.1. The molecule has 0 saturated heterocycles. The number of carbonyl (C=O) groups is 1. The van der Waals surface area contributed by atoms with E-state index in [4.69, 9.17) is 0 Å². The van der Waals surface area contributed by atoms with Crippen molar-refractivity contribution in [1.29, 1.82) is 5.26 Å². The molecule has 0 bridgehead atoms. The lowest BCUT2D eigenvalue weighted by Crippen LogP contribution is -2.06. The van der Waals surface area contributed by atoms with Gasteiger partial charge < -0.3 is 4.40 Å². The van der Waals surface area contributed by atoms with Crippen molar-refractivity contribution in [3.05, 3.63) is 89.1 Å². The van der Waals surface area contributed by atoms with E-state index in [0.29, 0.717) is 16.8 Å². The van der Waals surface area contributed by atoms with Gasteiger partial charge in [-0.25, -0.2) is 0 Å². The zero-order chi connectivity index (χ0) is 16.7. The average molecular weight is 310 g/mol. The molecule has 0 saturated carbocycles. The van der Waals surface area contributed by atoms with Crippen LogP contribution >= 0.6 is 0 Å². The van der Waals surface area contributed by atoms with Gasteiger partial charge in [0.2, 0.25) is 5.78 Å². The maximum Gasteiger partial charge on any atom is 0.209 e. The highest BCUT2D eigenvalue weighted by Gasteiger charge is 2.19. The summed E-state index contributed by atoms with van der Waals surface area (Å²) in [6.45, 7) is 1.97. The minimum Gasteiger partial charge on any atom is -0.305 e. The van der Waals surface area contributed by atoms with Crippen LogP contribution in [0.5, 0.6) is 0 Å². The van der Waals surface area contributed by atoms with E-state index in [1.807, 2.05) is 53.8 Å². The van der Waals surface area contributed by atoms with Crippen molar-refractivity contribution in [3.63, 3.8) is 0 Å². The van der Waals surface area contributed by atoms with Gasteiger partial charge >= 0.3 is 0 Å². The van der Waals surface area contributed by atoms with Crippen molar-refractivity contribution in [1.82, 2.24) is 4.40 Å². The molecular weight excluding hydrogens is 296 g/mol. The molecule has 3 heteroatoms. The van der Waals surface area contributed by atoms with Gasteiger partial charge in [-0.3, -0.25) is 4.79 Å². The molecule has 0 aliphatic rings. The second-order valence-corrected chi connectivity index (χ2v) is 5.82. The fraction of sp³-hybridized carbons (Fsp3) is 0.0476. The topological polar surface area (TPSA) is 45.3 Å². The maximum absolute atomic E-state index is 13.0. The van der Waals surface area contributed by atoms with Crippen molar-refractivity contribution in [3.8, 4) is 6.07 Å². The Kier molecular flexibility index (Phi) is 3.18. The third-order valence-corrected chi connectivity index (χ3v) is 4.31. The Morgan fingerprint density at radius 1 is 1.00 bits per heavy atom. The Bertz CT molecular complexity index is 1130. The molecule has 0 fully saturated rings. The number of hydrogen-bond acceptors (Lipinski definition) is 2. The summed E-state index contributed by atoms with van der Waals surface area (Å²) in [5, 5.41) is 10.6. The summed E-state index contributed by atoms with van der Waals surface area (Å²) in [4.78, 5) is 13.0. The maximum atomic E-state index is 13.0. The first-order chi connectivity index (χ1) is 11.7. The van der Waals surface area contributed by atoms with E-state index >= 15 is 0 Å². The number of aromatic nitrogens is 1. The molecule has 24 heavy (non-hydrogen) atoms. The van der Waals surface area contributed by atoms with Crippen molar-refractivity contribution in [2.75, 3.05) is 0 Å². The average Bonchev–Trinajstić information content (AvgIpc) is 3.02. The predicted octanol–water partition coefficient (Wildman–Crippen LogP) is 4.50. The number of rotatable bonds is 2. The molecular formula is C21H14N2O. The van der Waals surface area contributed by atoms with Crippen molar-refractivity contribution in [2.45, 2.75) is 6.92 Å². The van der Waals surface area contributed by atoms with Crippen molar-refractivity contribution >= 4 is 22.2 Å². The molecule has 2 aromatic carbocycles. The van der Waals surface area contributed by atoms with Crippen LogP contribution in [0.15, 0.2) is 66.7 Å². The van der Waals surface area contributed by atoms with E-state index in [1.165, 1.54) is 0 Å². The standard InChI is InChI=1S/C21H14N2O/c1-14-11-16-9-5-6-10-18(16)23-19(12-17(13-22)20(14)23)21(24)15-7-3-2-4-8-15/h2-12H,1H3. The largest absolute Gasteiger partial charge is 0.305 e. The van der Waals surface area contributed by atoms with Gasteiger partial charge in [0, 0.05) is 5.56 Å². The van der Waals surface area contributed by atoms with Crippen LogP contribution in [0.1, 0.15) is 27.2 Å². The van der Waals surface area contributed by atoms with Crippen LogP contribution in [-0.4, -0.2) is 10.2 Å². The number of para-hydroxylation sites is 1. The van der Waals surface area contributed by atoms with E-state index < -0.39 is 0 Å². The third-order valence-electron chi connectivity index (χ3n) is 4.31. The van der Waals surface area contributed by atoms with E-state index in [0.717, 1.165) is 22.0 Å². The highest BCUT2D eigenvalue weighted by atomic mass is 16.1. The van der Waals surface area contributed by atoms with E-state index in [9.17, 15) is 10.1 Å². The van der Waals surface area contributed by atoms with Gasteiger partial charge in [-0.2, -0.15) is 5.26 Å². The Morgan fingerprint density at radius 2 is 1.71 bits per heavy atom. The molecule has 2 aromatic heterocycles. The Balaban J connectivity index is 2.13. The van der Waals surface area contributed by atoms with Gasteiger partial charge in [0.25, 0.3) is 0 Å². The molecule has 4 aromatic rings. The first-order valence-electron chi connectivity index (χ1n) is 7.74. The number of fused-ring (bicyclic) bond motifs is 3. The number of ketones is 1. The molecule has 0 unspecified atom stereocenters. The minimum atomic E-state index is -0.0807. The highest BCUT2D eigenvalue weighted by Crippen LogP contribution is 2.28. The number of benzene rings is 2. The molecule has 3 nitrogen and oxygen atoms in total. The summed E-state index contributed by atoms with van der Waals surface area (Å²) in [5.41, 5.74) is 4.38. The van der Waals surface area contributed by atoms with Crippen molar-refractivity contribution < 1.29 is 4.79 Å². The van der Waals surface area contributed by atoms with Gasteiger partial charge in [-0.05, 0) is 36.1 Å². The van der Waals surface area contributed by atoms with Crippen LogP contribution in [0, 0.1) is 18.3 Å². The predicted molar refractivity (Wildman–Crippen MR) is 94.2 cm³/mol. The van der Waals surface area contributed by atoms with E-state index in [-0.39, 0.29) is 5.78 Å². The normalized spacial score (nSPS) is 10.8. The molecule has 0 radical (unpaired) electrons. The molecule has 0 atom stereocenters.